The number of fused-ring (bicyclic) bond motifs is 1. The average molecular weight is 444 g/mol. The number of carbonyl (C=O) groups is 1. The monoisotopic (exact) mass is 443 g/mol. The lowest BCUT2D eigenvalue weighted by Gasteiger charge is -2.11. The van der Waals surface area contributed by atoms with Crippen molar-refractivity contribution in [3.63, 3.8) is 0 Å². The Kier molecular flexibility index (Phi) is 5.99. The molecule has 8 nitrogen and oxygen atoms in total. The zero-order valence-corrected chi connectivity index (χ0v) is 17.5. The van der Waals surface area contributed by atoms with Crippen molar-refractivity contribution in [1.82, 2.24) is 20.1 Å². The molecule has 3 aromatic rings. The molecule has 1 aliphatic rings. The van der Waals surface area contributed by atoms with Crippen molar-refractivity contribution in [3.05, 3.63) is 71.6 Å². The zero-order valence-electron chi connectivity index (χ0n) is 16.7. The number of aryl methyl sites for hydroxylation is 1. The molecular weight excluding hydrogens is 421 g/mol. The van der Waals surface area contributed by atoms with Crippen molar-refractivity contribution in [3.8, 4) is 0 Å². The Morgan fingerprint density at radius 3 is 2.74 bits per heavy atom. The molecular formula is C21H22FN5O3S. The summed E-state index contributed by atoms with van der Waals surface area (Å²) in [5.74, 6) is 0.477. The van der Waals surface area contributed by atoms with Gasteiger partial charge in [-0.15, -0.1) is 10.2 Å². The van der Waals surface area contributed by atoms with Crippen LogP contribution in [0, 0.1) is 5.82 Å². The molecule has 31 heavy (non-hydrogen) atoms. The summed E-state index contributed by atoms with van der Waals surface area (Å²) in [6.45, 7) is 1.01. The molecule has 4 rings (SSSR count). The van der Waals surface area contributed by atoms with E-state index in [1.54, 1.807) is 0 Å². The highest BCUT2D eigenvalue weighted by molar-refractivity contribution is 7.92. The Balaban J connectivity index is 1.47. The summed E-state index contributed by atoms with van der Waals surface area (Å²) in [5, 5.41) is 11.1. The number of hydrogen-bond acceptors (Lipinski definition) is 5. The first kappa shape index (κ1) is 21.0. The lowest BCUT2D eigenvalue weighted by Crippen LogP contribution is -2.25. The molecule has 0 bridgehead atoms. The third-order valence-electron chi connectivity index (χ3n) is 5.12. The maximum Gasteiger partial charge on any atom is 0.262 e. The van der Waals surface area contributed by atoms with Gasteiger partial charge >= 0.3 is 0 Å². The van der Waals surface area contributed by atoms with Gasteiger partial charge in [0.15, 0.2) is 5.82 Å². The van der Waals surface area contributed by atoms with E-state index in [2.05, 4.69) is 20.2 Å². The summed E-state index contributed by atoms with van der Waals surface area (Å²) in [7, 11) is -4.06. The average Bonchev–Trinajstić information content (AvgIpc) is 2.99. The number of amides is 1. The van der Waals surface area contributed by atoms with E-state index in [0.29, 0.717) is 5.82 Å². The predicted molar refractivity (Wildman–Crippen MR) is 112 cm³/mol. The molecule has 2 aromatic carbocycles. The maximum absolute atomic E-state index is 13.8. The second-order valence-electron chi connectivity index (χ2n) is 7.29. The van der Waals surface area contributed by atoms with Gasteiger partial charge in [0, 0.05) is 18.5 Å². The zero-order chi connectivity index (χ0) is 21.8. The van der Waals surface area contributed by atoms with E-state index in [1.807, 2.05) is 4.57 Å². The van der Waals surface area contributed by atoms with E-state index in [0.717, 1.165) is 44.1 Å². The SMILES string of the molecule is O=C(NCc1nnc2n1CCCCC2)c1cccc(S(=O)(=O)Nc2ccccc2F)c1. The number of benzene rings is 2. The Labute approximate surface area is 179 Å². The molecule has 0 saturated carbocycles. The van der Waals surface area contributed by atoms with Crippen LogP contribution in [-0.4, -0.2) is 29.1 Å². The van der Waals surface area contributed by atoms with Gasteiger partial charge in [0.25, 0.3) is 15.9 Å². The van der Waals surface area contributed by atoms with Crippen LogP contribution in [0.4, 0.5) is 10.1 Å². The normalized spacial score (nSPS) is 13.8. The summed E-state index contributed by atoms with van der Waals surface area (Å²) in [4.78, 5) is 12.5. The van der Waals surface area contributed by atoms with Gasteiger partial charge in [-0.3, -0.25) is 9.52 Å². The molecule has 0 aliphatic carbocycles. The minimum Gasteiger partial charge on any atom is -0.345 e. The standard InChI is InChI=1S/C21H22FN5O3S/c22-17-9-3-4-10-18(17)26-31(29,30)16-8-6-7-15(13-16)21(28)23-14-20-25-24-19-11-2-1-5-12-27(19)20/h3-4,6-10,13,26H,1-2,5,11-12,14H2,(H,23,28). The van der Waals surface area contributed by atoms with Gasteiger partial charge in [0.05, 0.1) is 17.1 Å². The molecule has 162 valence electrons. The molecule has 0 radical (unpaired) electrons. The number of rotatable bonds is 6. The fourth-order valence-corrected chi connectivity index (χ4v) is 4.60. The van der Waals surface area contributed by atoms with Gasteiger partial charge < -0.3 is 9.88 Å². The van der Waals surface area contributed by atoms with Crippen LogP contribution in [0.15, 0.2) is 53.4 Å². The van der Waals surface area contributed by atoms with Gasteiger partial charge in [0.1, 0.15) is 11.6 Å². The summed E-state index contributed by atoms with van der Waals surface area (Å²) >= 11 is 0. The van der Waals surface area contributed by atoms with E-state index >= 15 is 0 Å². The van der Waals surface area contributed by atoms with Gasteiger partial charge in [-0.05, 0) is 43.2 Å². The van der Waals surface area contributed by atoms with Gasteiger partial charge in [0.2, 0.25) is 0 Å². The van der Waals surface area contributed by atoms with Crippen molar-refractivity contribution in [1.29, 1.82) is 0 Å². The van der Waals surface area contributed by atoms with E-state index in [9.17, 15) is 17.6 Å². The van der Waals surface area contributed by atoms with Crippen LogP contribution in [0.1, 0.15) is 41.3 Å². The highest BCUT2D eigenvalue weighted by atomic mass is 32.2. The van der Waals surface area contributed by atoms with Crippen molar-refractivity contribution in [2.45, 2.75) is 43.7 Å². The molecule has 1 aromatic heterocycles. The molecule has 2 heterocycles. The Hall–Kier alpha value is -3.27. The lowest BCUT2D eigenvalue weighted by atomic mass is 10.2. The van der Waals surface area contributed by atoms with Crippen LogP contribution < -0.4 is 10.0 Å². The van der Waals surface area contributed by atoms with Gasteiger partial charge in [-0.1, -0.05) is 24.6 Å². The fourth-order valence-electron chi connectivity index (χ4n) is 3.49. The Bertz CT molecular complexity index is 1210. The lowest BCUT2D eigenvalue weighted by molar-refractivity contribution is 0.0949. The van der Waals surface area contributed by atoms with Crippen LogP contribution in [0.3, 0.4) is 0 Å². The molecule has 0 atom stereocenters. The van der Waals surface area contributed by atoms with Crippen molar-refractivity contribution < 1.29 is 17.6 Å². The number of carbonyl (C=O) groups excluding carboxylic acids is 1. The molecule has 10 heteroatoms. The number of nitrogens with one attached hydrogen (secondary N) is 2. The minimum atomic E-state index is -4.06. The van der Waals surface area contributed by atoms with Crippen LogP contribution in [0.25, 0.3) is 0 Å². The van der Waals surface area contributed by atoms with E-state index in [4.69, 9.17) is 0 Å². The largest absolute Gasteiger partial charge is 0.345 e. The third kappa shape index (κ3) is 4.74. The number of aromatic nitrogens is 3. The maximum atomic E-state index is 13.8. The first-order valence-electron chi connectivity index (χ1n) is 10.0. The number of sulfonamides is 1. The topological polar surface area (TPSA) is 106 Å². The number of hydrogen-bond donors (Lipinski definition) is 2. The predicted octanol–water partition coefficient (Wildman–Crippen LogP) is 2.87. The smallest absolute Gasteiger partial charge is 0.262 e. The summed E-state index contributed by atoms with van der Waals surface area (Å²) in [5.41, 5.74) is 0.0110. The van der Waals surface area contributed by atoms with E-state index in [-0.39, 0.29) is 22.7 Å². The van der Waals surface area contributed by atoms with E-state index < -0.39 is 21.7 Å². The first-order chi connectivity index (χ1) is 14.9. The summed E-state index contributed by atoms with van der Waals surface area (Å²) in [6, 6.07) is 11.1. The van der Waals surface area contributed by atoms with Gasteiger partial charge in [-0.2, -0.15) is 0 Å². The van der Waals surface area contributed by atoms with Crippen LogP contribution in [0.2, 0.25) is 0 Å². The third-order valence-corrected chi connectivity index (χ3v) is 6.48. The second kappa shape index (κ2) is 8.84. The highest BCUT2D eigenvalue weighted by Gasteiger charge is 2.19. The second-order valence-corrected chi connectivity index (χ2v) is 8.97. The van der Waals surface area contributed by atoms with E-state index in [1.165, 1.54) is 42.5 Å². The van der Waals surface area contributed by atoms with Crippen LogP contribution >= 0.6 is 0 Å². The van der Waals surface area contributed by atoms with Crippen molar-refractivity contribution >= 4 is 21.6 Å². The van der Waals surface area contributed by atoms with Crippen LogP contribution in [-0.2, 0) is 29.5 Å². The molecule has 0 spiro atoms. The van der Waals surface area contributed by atoms with Crippen molar-refractivity contribution in [2.75, 3.05) is 4.72 Å². The van der Waals surface area contributed by atoms with Gasteiger partial charge in [-0.25, -0.2) is 12.8 Å². The summed E-state index contributed by atoms with van der Waals surface area (Å²) < 4.78 is 43.3. The quantitative estimate of drug-likeness (QED) is 0.609. The Morgan fingerprint density at radius 2 is 1.90 bits per heavy atom. The Morgan fingerprint density at radius 1 is 1.06 bits per heavy atom. The number of nitrogens with zero attached hydrogens (tertiary/aromatic N) is 3. The molecule has 0 saturated heterocycles. The highest BCUT2D eigenvalue weighted by Crippen LogP contribution is 2.20. The molecule has 1 aliphatic heterocycles. The first-order valence-corrected chi connectivity index (χ1v) is 11.5. The fraction of sp³-hybridized carbons (Fsp3) is 0.286. The number of halogens is 1. The molecule has 0 unspecified atom stereocenters. The molecule has 2 N–H and O–H groups in total. The molecule has 0 fully saturated rings. The minimum absolute atomic E-state index is 0.139. The number of anilines is 1. The van der Waals surface area contributed by atoms with Crippen molar-refractivity contribution in [2.24, 2.45) is 0 Å². The summed E-state index contributed by atoms with van der Waals surface area (Å²) in [6.07, 6.45) is 4.13. The van der Waals surface area contributed by atoms with Crippen LogP contribution in [0.5, 0.6) is 0 Å². The molecule has 1 amide bonds. The number of para-hydroxylation sites is 1.